The van der Waals surface area contributed by atoms with Crippen molar-refractivity contribution < 1.29 is 69.7 Å². The Balaban J connectivity index is 0.000000246. The molecule has 74 heavy (non-hydrogen) atoms. The third-order valence-electron chi connectivity index (χ3n) is 9.09. The number of benzene rings is 8. The molecule has 0 heterocycles. The van der Waals surface area contributed by atoms with E-state index in [0.29, 0.717) is 13.2 Å². The van der Waals surface area contributed by atoms with E-state index in [1.165, 1.54) is 24.5 Å². The predicted octanol–water partition coefficient (Wildman–Crippen LogP) is 19.8. The molecule has 0 atom stereocenters. The van der Waals surface area contributed by atoms with Gasteiger partial charge in [0.25, 0.3) is 0 Å². The van der Waals surface area contributed by atoms with Crippen molar-refractivity contribution in [1.29, 1.82) is 0 Å². The van der Waals surface area contributed by atoms with Crippen molar-refractivity contribution in [3.8, 4) is 46.0 Å². The first-order valence-electron chi connectivity index (χ1n) is 21.9. The van der Waals surface area contributed by atoms with Gasteiger partial charge in [-0.3, -0.25) is 0 Å². The first kappa shape index (κ1) is 58.5. The summed E-state index contributed by atoms with van der Waals surface area (Å²) in [5.41, 5.74) is 0. The van der Waals surface area contributed by atoms with Gasteiger partial charge in [0.2, 0.25) is 0 Å². The topological polar surface area (TPSA) is 46.2 Å². The molecule has 0 aliphatic heterocycles. The molecule has 21 heteroatoms. The van der Waals surface area contributed by atoms with Gasteiger partial charge in [0.15, 0.2) is 24.5 Å². The maximum Gasteiger partial charge on any atom is 0.166 e. The van der Waals surface area contributed by atoms with Gasteiger partial charge in [0.1, 0.15) is 52.3 Å². The Hall–Kier alpha value is -6.39. The fourth-order valence-electron chi connectivity index (χ4n) is 6.16. The van der Waals surface area contributed by atoms with E-state index >= 15 is 0 Å². The van der Waals surface area contributed by atoms with Crippen molar-refractivity contribution in [3.63, 3.8) is 0 Å². The first-order valence-corrected chi connectivity index (χ1v) is 31.1. The van der Waals surface area contributed by atoms with Crippen LogP contribution in [0, 0.1) is 0 Å². The average molecular weight is 1160 g/mol. The van der Waals surface area contributed by atoms with E-state index in [-0.39, 0.29) is 21.8 Å². The summed E-state index contributed by atoms with van der Waals surface area (Å²) in [7, 11) is -10.9. The monoisotopic (exact) mass is 1160 g/mol. The summed E-state index contributed by atoms with van der Waals surface area (Å²) in [6, 6.07) is 71.3. The molecule has 8 aromatic rings. The van der Waals surface area contributed by atoms with Gasteiger partial charge in [-0.15, -0.1) is 0 Å². The summed E-state index contributed by atoms with van der Waals surface area (Å²) in [5.74, 6) is 6.72. The smallest absolute Gasteiger partial charge is 0.166 e. The molecular formula is C53H48AsF12O5PS2. The Bertz CT molecular complexity index is 2650. The van der Waals surface area contributed by atoms with Gasteiger partial charge in [-0.05, 0) is 172 Å². The second-order valence-corrected chi connectivity index (χ2v) is 25.1. The van der Waals surface area contributed by atoms with Crippen molar-refractivity contribution in [2.24, 2.45) is 0 Å². The van der Waals surface area contributed by atoms with Gasteiger partial charge in [-0.25, -0.2) is 0 Å². The largest absolute Gasteiger partial charge is 0.457 e. The molecule has 0 aliphatic rings. The minimum atomic E-state index is -11.1. The van der Waals surface area contributed by atoms with E-state index in [2.05, 4.69) is 66.9 Å². The maximum atomic E-state index is 9.91. The van der Waals surface area contributed by atoms with Gasteiger partial charge in [-0.2, -0.15) is 0 Å². The van der Waals surface area contributed by atoms with E-state index < -0.39 is 22.0 Å². The van der Waals surface area contributed by atoms with Crippen molar-refractivity contribution >= 4 is 43.8 Å². The van der Waals surface area contributed by atoms with Crippen molar-refractivity contribution in [3.05, 3.63) is 212 Å². The fourth-order valence-corrected chi connectivity index (χ4v) is 9.56. The van der Waals surface area contributed by atoms with Crippen LogP contribution in [0.15, 0.2) is 237 Å². The van der Waals surface area contributed by atoms with Crippen LogP contribution in [0.2, 0.25) is 0 Å². The molecular weight excluding hydrogens is 1110 g/mol. The standard InChI is InChI=1S/C36H27O3S.C17H21O2S.AsF6.F6P/c1-4-10-28(11-5-1)37-31-16-22-34(23-17-31)40(35-24-18-32(19-25-35)38-29-12-6-2-7-13-29)36-26-20-33(21-27-36)39-30-14-8-3-9-15-30;1-4-18-14-6-10-16(11-7-14)20(3)17-12-8-15(9-13-17)19-5-2;2-1(3,4,5,6)7;1-7(2,3,4,5)6/h1-27H;6-13H,4-5H2,1-3H3;;/q2*+1;2*-1. The third kappa shape index (κ3) is 24.6. The van der Waals surface area contributed by atoms with E-state index in [1.807, 2.05) is 166 Å². The number of halogens is 12. The fraction of sp³-hybridized carbons (Fsp3) is 0.0943. The van der Waals surface area contributed by atoms with Gasteiger partial charge in [-0.1, -0.05) is 54.6 Å². The summed E-state index contributed by atoms with van der Waals surface area (Å²) >= 11 is -11.1. The minimum Gasteiger partial charge on any atom is -0.457 e. The molecule has 0 spiro atoms. The van der Waals surface area contributed by atoms with Crippen molar-refractivity contribution in [2.45, 2.75) is 38.3 Å². The minimum absolute atomic E-state index is 0.0677. The van der Waals surface area contributed by atoms with E-state index in [1.54, 1.807) is 0 Å². The van der Waals surface area contributed by atoms with Crippen LogP contribution >= 0.6 is 7.81 Å². The number of ether oxygens (including phenoxy) is 5. The molecule has 0 amide bonds. The SMILES string of the molecule is CCOc1ccc([S+](C)c2ccc(OCC)cc2)cc1.F[As-](F)(F)(F)(F)F.F[P-](F)(F)(F)(F)F.c1ccc(Oc2ccc([S+](c3ccc(Oc4ccccc4)cc3)c3ccc(Oc4ccccc4)cc3)cc2)cc1. The van der Waals surface area contributed by atoms with Crippen LogP contribution in [0.5, 0.6) is 46.0 Å². The quantitative estimate of drug-likeness (QED) is 0.0443. The molecule has 5 nitrogen and oxygen atoms in total. The Morgan fingerprint density at radius 2 is 0.514 bits per heavy atom. The Labute approximate surface area is 427 Å². The second-order valence-electron chi connectivity index (χ2n) is 15.2. The molecule has 0 aromatic heterocycles. The van der Waals surface area contributed by atoms with Crippen molar-refractivity contribution in [1.82, 2.24) is 0 Å². The first-order chi connectivity index (χ1) is 34.4. The maximum absolute atomic E-state index is 11.1. The van der Waals surface area contributed by atoms with Gasteiger partial charge < -0.3 is 23.7 Å². The molecule has 8 rings (SSSR count). The molecule has 0 unspecified atom stereocenters. The molecule has 396 valence electrons. The molecule has 0 aliphatic carbocycles. The Morgan fingerprint density at radius 3 is 0.730 bits per heavy atom. The van der Waals surface area contributed by atoms with Gasteiger partial charge >= 0.3 is 68.0 Å². The predicted molar refractivity (Wildman–Crippen MR) is 272 cm³/mol. The number of para-hydroxylation sites is 3. The second kappa shape index (κ2) is 23.4. The van der Waals surface area contributed by atoms with Crippen LogP contribution in [0.3, 0.4) is 0 Å². The Morgan fingerprint density at radius 1 is 0.324 bits per heavy atom. The van der Waals surface area contributed by atoms with Gasteiger partial charge in [0, 0.05) is 0 Å². The Kier molecular flexibility index (Phi) is 18.5. The van der Waals surface area contributed by atoms with E-state index in [0.717, 1.165) is 46.0 Å². The summed E-state index contributed by atoms with van der Waals surface area (Å²) in [4.78, 5) is 6.20. The normalized spacial score (nSPS) is 13.0. The van der Waals surface area contributed by atoms with Crippen LogP contribution in [-0.2, 0) is 21.8 Å². The van der Waals surface area contributed by atoms with Crippen LogP contribution in [0.4, 0.5) is 46.0 Å². The van der Waals surface area contributed by atoms with Crippen LogP contribution in [-0.4, -0.2) is 33.6 Å². The van der Waals surface area contributed by atoms with Crippen LogP contribution in [0.25, 0.3) is 0 Å². The average Bonchev–Trinajstić information content (AvgIpc) is 3.33. The van der Waals surface area contributed by atoms with Crippen molar-refractivity contribution in [2.75, 3.05) is 19.5 Å². The molecule has 0 fully saturated rings. The van der Waals surface area contributed by atoms with Gasteiger partial charge in [0.05, 0.1) is 35.0 Å². The van der Waals surface area contributed by atoms with E-state index in [9.17, 15) is 46.0 Å². The number of hydrogen-bond donors (Lipinski definition) is 0. The summed E-state index contributed by atoms with van der Waals surface area (Å²) in [5, 5.41) is 0. The van der Waals surface area contributed by atoms with E-state index in [4.69, 9.17) is 23.7 Å². The number of rotatable bonds is 15. The molecule has 0 saturated heterocycles. The van der Waals surface area contributed by atoms with Crippen LogP contribution in [0.1, 0.15) is 13.8 Å². The third-order valence-corrected chi connectivity index (χ3v) is 13.3. The molecule has 0 bridgehead atoms. The summed E-state index contributed by atoms with van der Waals surface area (Å²) in [6.07, 6.45) is 2.24. The van der Waals surface area contributed by atoms with Crippen LogP contribution < -0.4 is 23.7 Å². The zero-order valence-corrected chi connectivity index (χ0v) is 43.8. The number of hydrogen-bond acceptors (Lipinski definition) is 5. The molecule has 0 N–H and O–H groups in total. The molecule has 0 radical (unpaired) electrons. The molecule has 0 saturated carbocycles. The molecule has 8 aromatic carbocycles. The zero-order valence-electron chi connectivity index (χ0n) is 39.4. The summed E-state index contributed by atoms with van der Waals surface area (Å²) in [6.45, 7) is 5.41. The summed E-state index contributed by atoms with van der Waals surface area (Å²) < 4.78 is 148. The zero-order chi connectivity index (χ0) is 54.2.